The predicted octanol–water partition coefficient (Wildman–Crippen LogP) is 13.9. The highest BCUT2D eigenvalue weighted by atomic mass is 15.0. The number of fused-ring (bicyclic) bond motifs is 3. The average molecular weight is 929 g/mol. The molecule has 0 unspecified atom stereocenters. The lowest BCUT2D eigenvalue weighted by Gasteiger charge is -2.22. The third kappa shape index (κ3) is 8.11. The highest BCUT2D eigenvalue weighted by Crippen LogP contribution is 2.46. The molecule has 0 saturated carbocycles. The van der Waals surface area contributed by atoms with Crippen LogP contribution in [0.4, 0.5) is 0 Å². The molecule has 0 aliphatic rings. The summed E-state index contributed by atoms with van der Waals surface area (Å²) in [7, 11) is 0. The number of nitriles is 6. The summed E-state index contributed by atoms with van der Waals surface area (Å²) in [6, 6.07) is 73.9. The largest absolute Gasteiger partial charge is 0.308 e. The van der Waals surface area contributed by atoms with E-state index < -0.39 is 0 Å². The Morgan fingerprint density at radius 1 is 0.288 bits per heavy atom. The van der Waals surface area contributed by atoms with Crippen molar-refractivity contribution in [2.24, 2.45) is 0 Å². The van der Waals surface area contributed by atoms with Gasteiger partial charge in [-0.05, 0) is 107 Å². The van der Waals surface area contributed by atoms with Gasteiger partial charge in [0, 0.05) is 49.7 Å². The molecule has 0 amide bonds. The van der Waals surface area contributed by atoms with E-state index in [1.807, 2.05) is 146 Å². The van der Waals surface area contributed by atoms with Crippen molar-refractivity contribution in [3.63, 3.8) is 0 Å². The van der Waals surface area contributed by atoms with Crippen LogP contribution in [0.3, 0.4) is 0 Å². The average Bonchev–Trinajstić information content (AvgIpc) is 3.79. The second-order valence-corrected chi connectivity index (χ2v) is 17.1. The molecule has 11 rings (SSSR count). The molecule has 2 heterocycles. The van der Waals surface area contributed by atoms with Crippen LogP contribution in [0.2, 0.25) is 0 Å². The third-order valence-electron chi connectivity index (χ3n) is 12.8. The summed E-state index contributed by atoms with van der Waals surface area (Å²) in [4.78, 5) is 15.2. The van der Waals surface area contributed by atoms with Crippen LogP contribution in [0.5, 0.6) is 0 Å². The first-order valence-corrected chi connectivity index (χ1v) is 22.9. The van der Waals surface area contributed by atoms with Gasteiger partial charge in [-0.3, -0.25) is 0 Å². The first-order valence-electron chi connectivity index (χ1n) is 22.9. The van der Waals surface area contributed by atoms with E-state index in [0.717, 1.165) is 44.1 Å². The van der Waals surface area contributed by atoms with Gasteiger partial charge < -0.3 is 4.57 Å². The number of hydrogen-bond donors (Lipinski definition) is 0. The second kappa shape index (κ2) is 18.7. The molecule has 10 nitrogen and oxygen atoms in total. The fourth-order valence-corrected chi connectivity index (χ4v) is 9.45. The molecule has 9 aromatic carbocycles. The van der Waals surface area contributed by atoms with Crippen LogP contribution in [-0.4, -0.2) is 19.5 Å². The fraction of sp³-hybridized carbons (Fsp3) is 0. The zero-order valence-corrected chi connectivity index (χ0v) is 38.4. The van der Waals surface area contributed by atoms with Crippen molar-refractivity contribution < 1.29 is 0 Å². The normalized spacial score (nSPS) is 10.7. The van der Waals surface area contributed by atoms with Crippen LogP contribution in [0.1, 0.15) is 33.4 Å². The quantitative estimate of drug-likeness (QED) is 0.143. The van der Waals surface area contributed by atoms with E-state index in [0.29, 0.717) is 95.5 Å². The van der Waals surface area contributed by atoms with Crippen LogP contribution >= 0.6 is 0 Å². The van der Waals surface area contributed by atoms with Crippen LogP contribution < -0.4 is 0 Å². The highest BCUT2D eigenvalue weighted by Gasteiger charge is 2.26. The Morgan fingerprint density at radius 3 is 1.04 bits per heavy atom. The molecule has 0 fully saturated rings. The van der Waals surface area contributed by atoms with E-state index in [9.17, 15) is 31.6 Å². The van der Waals surface area contributed by atoms with Crippen molar-refractivity contribution in [2.45, 2.75) is 0 Å². The second-order valence-electron chi connectivity index (χ2n) is 17.1. The lowest BCUT2D eigenvalue weighted by atomic mass is 9.89. The summed E-state index contributed by atoms with van der Waals surface area (Å²) in [5.74, 6) is 1.30. The van der Waals surface area contributed by atoms with Crippen LogP contribution in [0.25, 0.3) is 106 Å². The molecule has 0 radical (unpaired) electrons. The Bertz CT molecular complexity index is 4010. The minimum absolute atomic E-state index is 0.344. The molecule has 73 heavy (non-hydrogen) atoms. The Morgan fingerprint density at radius 2 is 0.658 bits per heavy atom. The first kappa shape index (κ1) is 44.2. The molecule has 0 bridgehead atoms. The van der Waals surface area contributed by atoms with Gasteiger partial charge in [0.1, 0.15) is 0 Å². The molecular formula is C63H32N10. The van der Waals surface area contributed by atoms with E-state index >= 15 is 0 Å². The number of hydrogen-bond acceptors (Lipinski definition) is 9. The standard InChI is InChI=1S/C63H32N10/c64-33-39-23-40(34-65)26-49(25-39)45-19-21-58-54(29-45)55-30-46(50-27-41(35-66)24-42(28-50)36-67)20-22-59(55)73(58)60-56(52-17-9-7-15-47(52)37-68)31-51(32-57(60)53-18-10-8-16-48(53)38-69)63-71-61(43-11-3-1-4-12-43)70-62(72-63)44-13-5-2-6-14-44/h1-32H. The maximum absolute atomic E-state index is 10.8. The minimum atomic E-state index is 0.344. The monoisotopic (exact) mass is 928 g/mol. The number of aromatic nitrogens is 4. The molecule has 334 valence electrons. The van der Waals surface area contributed by atoms with E-state index in [1.165, 1.54) is 0 Å². The molecular weight excluding hydrogens is 897 g/mol. The van der Waals surface area contributed by atoms with Gasteiger partial charge in [0.2, 0.25) is 0 Å². The number of benzene rings is 9. The van der Waals surface area contributed by atoms with Gasteiger partial charge in [0.25, 0.3) is 0 Å². The topological polar surface area (TPSA) is 186 Å². The minimum Gasteiger partial charge on any atom is -0.308 e. The predicted molar refractivity (Wildman–Crippen MR) is 281 cm³/mol. The Hall–Kier alpha value is -11.3. The summed E-state index contributed by atoms with van der Waals surface area (Å²) in [5.41, 5.74) is 11.9. The van der Waals surface area contributed by atoms with Crippen LogP contribution in [0, 0.1) is 68.0 Å². The van der Waals surface area contributed by atoms with Gasteiger partial charge in [-0.2, -0.15) is 31.6 Å². The van der Waals surface area contributed by atoms with E-state index in [-0.39, 0.29) is 0 Å². The molecule has 0 spiro atoms. The van der Waals surface area contributed by atoms with Gasteiger partial charge in [-0.15, -0.1) is 0 Å². The van der Waals surface area contributed by atoms with Gasteiger partial charge in [0.15, 0.2) is 17.5 Å². The van der Waals surface area contributed by atoms with E-state index in [4.69, 9.17) is 15.0 Å². The van der Waals surface area contributed by atoms with Gasteiger partial charge in [-0.25, -0.2) is 15.0 Å². The SMILES string of the molecule is N#Cc1cc(C#N)cc(-c2ccc3c(c2)c2cc(-c4cc(C#N)cc(C#N)c4)ccc2n3-c2c(-c3ccccc3C#N)cc(-c3nc(-c4ccccc4)nc(-c4ccccc4)n3)cc2-c2ccccc2C#N)c1. The maximum atomic E-state index is 10.8. The molecule has 2 aromatic heterocycles. The van der Waals surface area contributed by atoms with E-state index in [2.05, 4.69) is 41.0 Å². The fourth-order valence-electron chi connectivity index (χ4n) is 9.45. The van der Waals surface area contributed by atoms with E-state index in [1.54, 1.807) is 48.5 Å². The maximum Gasteiger partial charge on any atom is 0.164 e. The summed E-state index contributed by atoms with van der Waals surface area (Å²) in [5, 5.41) is 63.2. The Balaban J connectivity index is 1.29. The molecule has 0 N–H and O–H groups in total. The van der Waals surface area contributed by atoms with Crippen molar-refractivity contribution >= 4 is 21.8 Å². The van der Waals surface area contributed by atoms with Crippen LogP contribution in [-0.2, 0) is 0 Å². The Kier molecular flexibility index (Phi) is 11.3. The summed E-state index contributed by atoms with van der Waals surface area (Å²) in [6.07, 6.45) is 0. The van der Waals surface area contributed by atoms with Crippen molar-refractivity contribution in [1.29, 1.82) is 31.6 Å². The molecule has 11 aromatic rings. The molecule has 0 aliphatic heterocycles. The smallest absolute Gasteiger partial charge is 0.164 e. The highest BCUT2D eigenvalue weighted by molar-refractivity contribution is 6.13. The number of rotatable bonds is 8. The summed E-state index contributed by atoms with van der Waals surface area (Å²) in [6.45, 7) is 0. The molecule has 0 atom stereocenters. The zero-order valence-electron chi connectivity index (χ0n) is 38.4. The number of nitrogens with zero attached hydrogens (tertiary/aromatic N) is 10. The third-order valence-corrected chi connectivity index (χ3v) is 12.8. The van der Waals surface area contributed by atoms with Crippen molar-refractivity contribution in [2.75, 3.05) is 0 Å². The van der Waals surface area contributed by atoms with Gasteiger partial charge in [0.05, 0.1) is 86.5 Å². The van der Waals surface area contributed by atoms with Crippen molar-refractivity contribution in [1.82, 2.24) is 19.5 Å². The summed E-state index contributed by atoms with van der Waals surface area (Å²) < 4.78 is 2.14. The van der Waals surface area contributed by atoms with Gasteiger partial charge >= 0.3 is 0 Å². The molecule has 0 saturated heterocycles. The Labute approximate surface area is 419 Å². The van der Waals surface area contributed by atoms with Crippen molar-refractivity contribution in [3.05, 3.63) is 228 Å². The lowest BCUT2D eigenvalue weighted by Crippen LogP contribution is -2.05. The molecule has 10 heteroatoms. The van der Waals surface area contributed by atoms with Crippen molar-refractivity contribution in [3.8, 4) is 121 Å². The van der Waals surface area contributed by atoms with Gasteiger partial charge in [-0.1, -0.05) is 109 Å². The zero-order chi connectivity index (χ0) is 50.0. The molecule has 0 aliphatic carbocycles. The first-order chi connectivity index (χ1) is 35.9. The lowest BCUT2D eigenvalue weighted by molar-refractivity contribution is 1.07. The van der Waals surface area contributed by atoms with Crippen LogP contribution in [0.15, 0.2) is 194 Å². The summed E-state index contributed by atoms with van der Waals surface area (Å²) >= 11 is 0.